The Morgan fingerprint density at radius 2 is 2.36 bits per heavy atom. The van der Waals surface area contributed by atoms with Crippen molar-refractivity contribution in [3.8, 4) is 0 Å². The number of fused-ring (bicyclic) bond motifs is 1. The van der Waals surface area contributed by atoms with E-state index < -0.39 is 0 Å². The summed E-state index contributed by atoms with van der Waals surface area (Å²) >= 11 is 0. The summed E-state index contributed by atoms with van der Waals surface area (Å²) in [6.07, 6.45) is 2.91. The van der Waals surface area contributed by atoms with Crippen LogP contribution in [0.15, 0.2) is 12.4 Å². The fourth-order valence-corrected chi connectivity index (χ4v) is 0.993. The first-order valence-electron chi connectivity index (χ1n) is 3.14. The van der Waals surface area contributed by atoms with Gasteiger partial charge in [0.2, 0.25) is 5.82 Å². The lowest BCUT2D eigenvalue weighted by Gasteiger charge is -2.11. The van der Waals surface area contributed by atoms with Gasteiger partial charge in [0, 0.05) is 12.4 Å². The fourth-order valence-electron chi connectivity index (χ4n) is 0.993. The second-order valence-electron chi connectivity index (χ2n) is 2.20. The monoisotopic (exact) mass is 151 g/mol. The number of nitrogens with one attached hydrogen (secondary N) is 1. The summed E-state index contributed by atoms with van der Waals surface area (Å²) in [6.45, 7) is 0.0577. The lowest BCUT2D eigenvalue weighted by Crippen LogP contribution is -2.40. The highest BCUT2D eigenvalue weighted by Gasteiger charge is 2.22. The number of imidazole rings is 1. The lowest BCUT2D eigenvalue weighted by molar-refractivity contribution is 0.0805. The molecule has 1 N–H and O–H groups in total. The van der Waals surface area contributed by atoms with Gasteiger partial charge in [-0.25, -0.2) is 4.98 Å². The van der Waals surface area contributed by atoms with Gasteiger partial charge >= 0.3 is 0 Å². The van der Waals surface area contributed by atoms with Crippen LogP contribution in [0.1, 0.15) is 15.4 Å². The highest BCUT2D eigenvalue weighted by atomic mass is 16.2. The molecule has 5 nitrogen and oxygen atoms in total. The van der Waals surface area contributed by atoms with Gasteiger partial charge in [0.05, 0.1) is 6.54 Å². The Labute approximate surface area is 62.0 Å². The second-order valence-corrected chi connectivity index (χ2v) is 2.20. The van der Waals surface area contributed by atoms with Gasteiger partial charge in [-0.2, -0.15) is 0 Å². The maximum Gasteiger partial charge on any atom is 0.288 e. The van der Waals surface area contributed by atoms with Gasteiger partial charge in [0.25, 0.3) is 11.8 Å². The predicted octanol–water partition coefficient (Wildman–Crippen LogP) is -0.733. The number of hydrogen-bond acceptors (Lipinski definition) is 3. The summed E-state index contributed by atoms with van der Waals surface area (Å²) in [7, 11) is 0. The van der Waals surface area contributed by atoms with Gasteiger partial charge in [-0.15, -0.1) is 0 Å². The van der Waals surface area contributed by atoms with E-state index in [4.69, 9.17) is 0 Å². The van der Waals surface area contributed by atoms with Crippen LogP contribution in [0.4, 0.5) is 0 Å². The number of carbonyl (C=O) groups excluding carboxylic acids is 2. The molecule has 0 fully saturated rings. The second kappa shape index (κ2) is 1.91. The van der Waals surface area contributed by atoms with Crippen LogP contribution in [-0.2, 0) is 0 Å². The highest BCUT2D eigenvalue weighted by molar-refractivity contribution is 6.01. The largest absolute Gasteiger partial charge is 0.340 e. The number of carbonyl (C=O) groups is 2. The molecule has 1 amide bonds. The molecule has 0 aliphatic carbocycles. The molecule has 0 saturated heterocycles. The van der Waals surface area contributed by atoms with E-state index in [1.54, 1.807) is 0 Å². The van der Waals surface area contributed by atoms with Crippen molar-refractivity contribution >= 4 is 11.8 Å². The molecule has 1 aliphatic heterocycles. The fraction of sp³-hybridized carbons (Fsp3) is 0.167. The zero-order valence-electron chi connectivity index (χ0n) is 5.57. The van der Waals surface area contributed by atoms with Crippen molar-refractivity contribution in [2.45, 2.75) is 0 Å². The van der Waals surface area contributed by atoms with Crippen LogP contribution < -0.4 is 5.32 Å². The lowest BCUT2D eigenvalue weighted by atomic mass is 10.4. The zero-order valence-corrected chi connectivity index (χ0v) is 5.57. The Morgan fingerprint density at radius 3 is 3.09 bits per heavy atom. The Bertz CT molecular complexity index is 298. The Kier molecular flexibility index (Phi) is 1.06. The molecule has 56 valence electrons. The van der Waals surface area contributed by atoms with Crippen molar-refractivity contribution < 1.29 is 9.59 Å². The number of nitrogens with zero attached hydrogens (tertiary/aromatic N) is 2. The highest BCUT2D eigenvalue weighted by Crippen LogP contribution is 2.00. The van der Waals surface area contributed by atoms with Crippen molar-refractivity contribution in [2.75, 3.05) is 6.54 Å². The molecule has 5 heteroatoms. The van der Waals surface area contributed by atoms with E-state index in [9.17, 15) is 9.59 Å². The minimum Gasteiger partial charge on any atom is -0.340 e. The van der Waals surface area contributed by atoms with E-state index in [2.05, 4.69) is 10.3 Å². The molecule has 11 heavy (non-hydrogen) atoms. The van der Waals surface area contributed by atoms with Gasteiger partial charge in [-0.1, -0.05) is 0 Å². The van der Waals surface area contributed by atoms with Gasteiger partial charge < -0.3 is 5.32 Å². The minimum absolute atomic E-state index is 0.0577. The van der Waals surface area contributed by atoms with Crippen LogP contribution in [0.2, 0.25) is 0 Å². The third-order valence-corrected chi connectivity index (χ3v) is 1.51. The maximum atomic E-state index is 11.0. The Morgan fingerprint density at radius 1 is 1.55 bits per heavy atom. The minimum atomic E-state index is -0.297. The van der Waals surface area contributed by atoms with E-state index in [0.717, 1.165) is 0 Å². The molecule has 0 spiro atoms. The van der Waals surface area contributed by atoms with Crippen molar-refractivity contribution in [1.82, 2.24) is 14.9 Å². The van der Waals surface area contributed by atoms with Crippen molar-refractivity contribution in [3.63, 3.8) is 0 Å². The molecule has 0 unspecified atom stereocenters. The van der Waals surface area contributed by atoms with Crippen LogP contribution in [0.5, 0.6) is 0 Å². The number of hydrogen-bond donors (Lipinski definition) is 1. The number of rotatable bonds is 0. The molecule has 0 radical (unpaired) electrons. The number of amides is 1. The zero-order chi connectivity index (χ0) is 7.84. The third-order valence-electron chi connectivity index (χ3n) is 1.51. The molecular weight excluding hydrogens is 146 g/mol. The van der Waals surface area contributed by atoms with E-state index in [0.29, 0.717) is 0 Å². The van der Waals surface area contributed by atoms with Gasteiger partial charge in [-0.3, -0.25) is 14.2 Å². The molecular formula is C6H5N3O2. The Balaban J connectivity index is 2.59. The average molecular weight is 151 g/mol. The van der Waals surface area contributed by atoms with E-state index in [1.165, 1.54) is 17.0 Å². The Hall–Kier alpha value is -1.65. The van der Waals surface area contributed by atoms with Gasteiger partial charge in [0.1, 0.15) is 0 Å². The molecule has 0 aromatic carbocycles. The molecule has 2 rings (SSSR count). The molecule has 0 saturated carbocycles. The van der Waals surface area contributed by atoms with Crippen LogP contribution in [-0.4, -0.2) is 27.9 Å². The molecule has 2 heterocycles. The van der Waals surface area contributed by atoms with E-state index in [1.807, 2.05) is 0 Å². The number of aromatic nitrogens is 2. The smallest absolute Gasteiger partial charge is 0.288 e. The van der Waals surface area contributed by atoms with E-state index >= 15 is 0 Å². The first-order valence-corrected chi connectivity index (χ1v) is 3.14. The topological polar surface area (TPSA) is 64.0 Å². The van der Waals surface area contributed by atoms with Crippen molar-refractivity contribution in [2.24, 2.45) is 0 Å². The molecule has 1 aromatic rings. The summed E-state index contributed by atoms with van der Waals surface area (Å²) in [6, 6.07) is 0. The standard InChI is InChI=1S/C6H5N3O2/c10-4-3-8-6(11)5-7-1-2-9(4)5/h1-2H,3H2,(H,8,11). The predicted molar refractivity (Wildman–Crippen MR) is 35.2 cm³/mol. The molecule has 1 aliphatic rings. The molecule has 1 aromatic heterocycles. The van der Waals surface area contributed by atoms with Gasteiger partial charge in [-0.05, 0) is 0 Å². The summed E-state index contributed by atoms with van der Waals surface area (Å²) in [4.78, 5) is 25.7. The normalized spacial score (nSPS) is 16.0. The SMILES string of the molecule is O=C1NCC(=O)n2ccnc21. The first kappa shape index (κ1) is 6.09. The third kappa shape index (κ3) is 0.739. The first-order chi connectivity index (χ1) is 5.29. The maximum absolute atomic E-state index is 11.0. The van der Waals surface area contributed by atoms with Crippen LogP contribution >= 0.6 is 0 Å². The van der Waals surface area contributed by atoms with Crippen LogP contribution in [0.25, 0.3) is 0 Å². The van der Waals surface area contributed by atoms with E-state index in [-0.39, 0.29) is 24.2 Å². The summed E-state index contributed by atoms with van der Waals surface area (Å²) < 4.78 is 1.25. The van der Waals surface area contributed by atoms with Crippen molar-refractivity contribution in [1.29, 1.82) is 0 Å². The quantitative estimate of drug-likeness (QED) is 0.531. The summed E-state index contributed by atoms with van der Waals surface area (Å²) in [5.74, 6) is -0.284. The van der Waals surface area contributed by atoms with Crippen LogP contribution in [0, 0.1) is 0 Å². The summed E-state index contributed by atoms with van der Waals surface area (Å²) in [5, 5.41) is 2.40. The van der Waals surface area contributed by atoms with Gasteiger partial charge in [0.15, 0.2) is 0 Å². The summed E-state index contributed by atoms with van der Waals surface area (Å²) in [5.41, 5.74) is 0. The van der Waals surface area contributed by atoms with Crippen molar-refractivity contribution in [3.05, 3.63) is 18.2 Å². The molecule has 0 atom stereocenters. The van der Waals surface area contributed by atoms with Crippen LogP contribution in [0.3, 0.4) is 0 Å². The average Bonchev–Trinajstić information content (AvgIpc) is 2.45. The molecule has 0 bridgehead atoms.